The lowest BCUT2D eigenvalue weighted by atomic mass is 10.0. The predicted octanol–water partition coefficient (Wildman–Crippen LogP) is 2.74. The summed E-state index contributed by atoms with van der Waals surface area (Å²) in [6.45, 7) is 4.37. The summed E-state index contributed by atoms with van der Waals surface area (Å²) < 4.78 is 2.35. The number of piperidine rings is 1. The zero-order valence-electron chi connectivity index (χ0n) is 11.0. The molecule has 0 radical (unpaired) electrons. The molecule has 0 saturated carbocycles. The van der Waals surface area contributed by atoms with Gasteiger partial charge in [0.05, 0.1) is 11.0 Å². The molecular formula is C15H21N3. The molecule has 3 nitrogen and oxygen atoms in total. The number of para-hydroxylation sites is 2. The van der Waals surface area contributed by atoms with Gasteiger partial charge in [0, 0.05) is 19.0 Å². The highest BCUT2D eigenvalue weighted by atomic mass is 15.1. The van der Waals surface area contributed by atoms with Crippen LogP contribution in [0.4, 0.5) is 0 Å². The number of benzene rings is 1. The van der Waals surface area contributed by atoms with Crippen LogP contribution in [0.3, 0.4) is 0 Å². The van der Waals surface area contributed by atoms with Crippen molar-refractivity contribution in [1.29, 1.82) is 0 Å². The second kappa shape index (κ2) is 5.11. The topological polar surface area (TPSA) is 29.9 Å². The molecule has 1 aliphatic heterocycles. The van der Waals surface area contributed by atoms with Crippen molar-refractivity contribution in [3.05, 3.63) is 30.1 Å². The highest BCUT2D eigenvalue weighted by Gasteiger charge is 2.17. The van der Waals surface area contributed by atoms with Gasteiger partial charge in [-0.15, -0.1) is 0 Å². The van der Waals surface area contributed by atoms with Crippen LogP contribution in [0.2, 0.25) is 0 Å². The molecule has 1 unspecified atom stereocenters. The van der Waals surface area contributed by atoms with Crippen LogP contribution in [0.25, 0.3) is 11.0 Å². The zero-order valence-corrected chi connectivity index (χ0v) is 11.0. The van der Waals surface area contributed by atoms with Crippen LogP contribution in [0, 0.1) is 0 Å². The first kappa shape index (κ1) is 11.7. The third-order valence-electron chi connectivity index (χ3n) is 3.89. The van der Waals surface area contributed by atoms with E-state index >= 15 is 0 Å². The average Bonchev–Trinajstić information content (AvgIpc) is 2.77. The second-order valence-corrected chi connectivity index (χ2v) is 5.11. The molecule has 0 bridgehead atoms. The molecule has 1 aliphatic rings. The molecule has 1 N–H and O–H groups in total. The summed E-state index contributed by atoms with van der Waals surface area (Å²) in [5.74, 6) is 1.23. The van der Waals surface area contributed by atoms with Gasteiger partial charge in [0.15, 0.2) is 0 Å². The first-order valence-corrected chi connectivity index (χ1v) is 7.06. The highest BCUT2D eigenvalue weighted by molar-refractivity contribution is 5.75. The summed E-state index contributed by atoms with van der Waals surface area (Å²) in [4.78, 5) is 4.80. The fourth-order valence-electron chi connectivity index (χ4n) is 2.95. The predicted molar refractivity (Wildman–Crippen MR) is 74.8 cm³/mol. The molecular weight excluding hydrogens is 222 g/mol. The lowest BCUT2D eigenvalue weighted by Crippen LogP contribution is -2.36. The molecule has 96 valence electrons. The first-order chi connectivity index (χ1) is 8.88. The van der Waals surface area contributed by atoms with Crippen molar-refractivity contribution in [2.24, 2.45) is 0 Å². The Labute approximate surface area is 108 Å². The molecule has 18 heavy (non-hydrogen) atoms. The number of aromatic nitrogens is 2. The molecule has 0 aliphatic carbocycles. The third-order valence-corrected chi connectivity index (χ3v) is 3.89. The minimum absolute atomic E-state index is 0.612. The zero-order chi connectivity index (χ0) is 12.4. The quantitative estimate of drug-likeness (QED) is 0.898. The Kier molecular flexibility index (Phi) is 3.33. The minimum Gasteiger partial charge on any atom is -0.328 e. The Hall–Kier alpha value is -1.35. The van der Waals surface area contributed by atoms with E-state index < -0.39 is 0 Å². The molecule has 1 aromatic heterocycles. The van der Waals surface area contributed by atoms with E-state index in [0.29, 0.717) is 6.04 Å². The maximum atomic E-state index is 4.80. The Morgan fingerprint density at radius 1 is 1.33 bits per heavy atom. The van der Waals surface area contributed by atoms with Gasteiger partial charge in [-0.05, 0) is 38.4 Å². The van der Waals surface area contributed by atoms with Crippen LogP contribution in [0.15, 0.2) is 24.3 Å². The van der Waals surface area contributed by atoms with Gasteiger partial charge in [0.1, 0.15) is 5.82 Å². The summed E-state index contributed by atoms with van der Waals surface area (Å²) in [5, 5.41) is 3.61. The lowest BCUT2D eigenvalue weighted by molar-refractivity contribution is 0.391. The molecule has 3 rings (SSSR count). The number of nitrogens with one attached hydrogen (secondary N) is 1. The van der Waals surface area contributed by atoms with Crippen LogP contribution >= 0.6 is 0 Å². The van der Waals surface area contributed by atoms with E-state index in [9.17, 15) is 0 Å². The highest BCUT2D eigenvalue weighted by Crippen LogP contribution is 2.19. The number of rotatable bonds is 3. The van der Waals surface area contributed by atoms with Gasteiger partial charge in [0.25, 0.3) is 0 Å². The number of hydrogen-bond donors (Lipinski definition) is 1. The van der Waals surface area contributed by atoms with Crippen LogP contribution in [0.1, 0.15) is 32.0 Å². The Morgan fingerprint density at radius 2 is 2.22 bits per heavy atom. The molecule has 3 heteroatoms. The van der Waals surface area contributed by atoms with Gasteiger partial charge >= 0.3 is 0 Å². The third kappa shape index (κ3) is 2.15. The molecule has 1 saturated heterocycles. The Morgan fingerprint density at radius 3 is 3.00 bits per heavy atom. The van der Waals surface area contributed by atoms with Crippen molar-refractivity contribution < 1.29 is 0 Å². The first-order valence-electron chi connectivity index (χ1n) is 7.06. The van der Waals surface area contributed by atoms with Gasteiger partial charge in [-0.1, -0.05) is 18.6 Å². The van der Waals surface area contributed by atoms with Gasteiger partial charge in [-0.2, -0.15) is 0 Å². The summed E-state index contributed by atoms with van der Waals surface area (Å²) in [7, 11) is 0. The minimum atomic E-state index is 0.612. The normalized spacial score (nSPS) is 20.4. The number of hydrogen-bond acceptors (Lipinski definition) is 2. The summed E-state index contributed by atoms with van der Waals surface area (Å²) in [6, 6.07) is 9.06. The van der Waals surface area contributed by atoms with E-state index in [4.69, 9.17) is 4.98 Å². The Bertz CT molecular complexity index is 524. The van der Waals surface area contributed by atoms with Crippen molar-refractivity contribution in [2.75, 3.05) is 6.54 Å². The van der Waals surface area contributed by atoms with E-state index in [2.05, 4.69) is 41.1 Å². The van der Waals surface area contributed by atoms with Crippen molar-refractivity contribution >= 4 is 11.0 Å². The largest absolute Gasteiger partial charge is 0.328 e. The van der Waals surface area contributed by atoms with Crippen LogP contribution in [-0.4, -0.2) is 22.1 Å². The molecule has 0 spiro atoms. The standard InChI is InChI=1S/C15H21N3/c1-2-18-14-9-4-3-8-13(14)17-15(18)11-12-7-5-6-10-16-12/h3-4,8-9,12,16H,2,5-7,10-11H2,1H3. The number of fused-ring (bicyclic) bond motifs is 1. The fourth-order valence-corrected chi connectivity index (χ4v) is 2.95. The van der Waals surface area contributed by atoms with Crippen molar-refractivity contribution in [3.63, 3.8) is 0 Å². The molecule has 1 atom stereocenters. The SMILES string of the molecule is CCn1c(CC2CCCCN2)nc2ccccc21. The molecule has 0 amide bonds. The van der Waals surface area contributed by atoms with E-state index in [0.717, 1.165) is 25.0 Å². The van der Waals surface area contributed by atoms with Crippen LogP contribution in [0.5, 0.6) is 0 Å². The summed E-state index contributed by atoms with van der Waals surface area (Å²) in [6.07, 6.45) is 5.01. The monoisotopic (exact) mass is 243 g/mol. The summed E-state index contributed by atoms with van der Waals surface area (Å²) >= 11 is 0. The lowest BCUT2D eigenvalue weighted by Gasteiger charge is -2.23. The van der Waals surface area contributed by atoms with Gasteiger partial charge in [-0.25, -0.2) is 4.98 Å². The van der Waals surface area contributed by atoms with E-state index in [1.165, 1.54) is 30.6 Å². The number of imidazole rings is 1. The van der Waals surface area contributed by atoms with Crippen LogP contribution < -0.4 is 5.32 Å². The average molecular weight is 243 g/mol. The van der Waals surface area contributed by atoms with E-state index in [1.807, 2.05) is 0 Å². The van der Waals surface area contributed by atoms with Crippen LogP contribution in [-0.2, 0) is 13.0 Å². The van der Waals surface area contributed by atoms with E-state index in [1.54, 1.807) is 0 Å². The van der Waals surface area contributed by atoms with Crippen molar-refractivity contribution in [2.45, 2.75) is 45.2 Å². The van der Waals surface area contributed by atoms with Gasteiger partial charge in [-0.3, -0.25) is 0 Å². The van der Waals surface area contributed by atoms with Crippen molar-refractivity contribution in [3.8, 4) is 0 Å². The smallest absolute Gasteiger partial charge is 0.111 e. The fraction of sp³-hybridized carbons (Fsp3) is 0.533. The molecule has 1 fully saturated rings. The Balaban J connectivity index is 1.90. The second-order valence-electron chi connectivity index (χ2n) is 5.11. The summed E-state index contributed by atoms with van der Waals surface area (Å²) in [5.41, 5.74) is 2.40. The maximum Gasteiger partial charge on any atom is 0.111 e. The maximum absolute atomic E-state index is 4.80. The molecule has 2 aromatic rings. The van der Waals surface area contributed by atoms with Crippen molar-refractivity contribution in [1.82, 2.24) is 14.9 Å². The van der Waals surface area contributed by atoms with Gasteiger partial charge < -0.3 is 9.88 Å². The molecule has 2 heterocycles. The van der Waals surface area contributed by atoms with E-state index in [-0.39, 0.29) is 0 Å². The number of nitrogens with zero attached hydrogens (tertiary/aromatic N) is 2. The van der Waals surface area contributed by atoms with Gasteiger partial charge in [0.2, 0.25) is 0 Å². The number of aryl methyl sites for hydroxylation is 1. The molecule has 1 aromatic carbocycles.